The van der Waals surface area contributed by atoms with E-state index in [9.17, 15) is 0 Å². The minimum Gasteiger partial charge on any atom is -0.351 e. The first-order chi connectivity index (χ1) is 7.77. The van der Waals surface area contributed by atoms with Gasteiger partial charge in [0.15, 0.2) is 0 Å². The number of nitrogens with one attached hydrogen (secondary N) is 1. The molecule has 1 atom stereocenters. The van der Waals surface area contributed by atoms with Crippen molar-refractivity contribution in [1.29, 1.82) is 0 Å². The van der Waals surface area contributed by atoms with Gasteiger partial charge in [-0.25, -0.2) is 4.98 Å². The third-order valence-electron chi connectivity index (χ3n) is 3.05. The predicted octanol–water partition coefficient (Wildman–Crippen LogP) is 1.44. The molecule has 0 bridgehead atoms. The van der Waals surface area contributed by atoms with Gasteiger partial charge in [0.1, 0.15) is 5.82 Å². The zero-order valence-electron chi connectivity index (χ0n) is 10.1. The molecule has 0 aromatic carbocycles. The van der Waals surface area contributed by atoms with Crippen LogP contribution in [0.5, 0.6) is 0 Å². The minimum atomic E-state index is 0.458. The molecule has 1 aromatic rings. The van der Waals surface area contributed by atoms with E-state index in [-0.39, 0.29) is 0 Å². The molecular weight excluding hydrogens is 200 g/mol. The lowest BCUT2D eigenvalue weighted by atomic mass is 10.2. The summed E-state index contributed by atoms with van der Waals surface area (Å²) < 4.78 is 0. The highest BCUT2D eigenvalue weighted by atomic mass is 15.2. The van der Waals surface area contributed by atoms with Gasteiger partial charge in [-0.15, -0.1) is 0 Å². The van der Waals surface area contributed by atoms with Crippen molar-refractivity contribution < 1.29 is 0 Å². The van der Waals surface area contributed by atoms with Gasteiger partial charge in [-0.1, -0.05) is 0 Å². The third-order valence-corrected chi connectivity index (χ3v) is 3.05. The van der Waals surface area contributed by atoms with Crippen molar-refractivity contribution in [3.63, 3.8) is 0 Å². The molecule has 4 heteroatoms. The molecular formula is C12H20N4. The zero-order chi connectivity index (χ0) is 11.4. The molecule has 4 nitrogen and oxygen atoms in total. The lowest BCUT2D eigenvalue weighted by molar-refractivity contribution is 0.548. The summed E-state index contributed by atoms with van der Waals surface area (Å²) in [6, 6.07) is 1.06. The fourth-order valence-electron chi connectivity index (χ4n) is 2.16. The van der Waals surface area contributed by atoms with E-state index < -0.39 is 0 Å². The Labute approximate surface area is 97.1 Å². The normalized spacial score (nSPS) is 20.3. The van der Waals surface area contributed by atoms with E-state index >= 15 is 0 Å². The first-order valence-corrected chi connectivity index (χ1v) is 6.03. The smallest absolute Gasteiger partial charge is 0.147 e. The van der Waals surface area contributed by atoms with Gasteiger partial charge in [0.05, 0.1) is 6.20 Å². The van der Waals surface area contributed by atoms with Gasteiger partial charge in [-0.05, 0) is 33.2 Å². The Morgan fingerprint density at radius 2 is 2.38 bits per heavy atom. The lowest BCUT2D eigenvalue weighted by Gasteiger charge is -2.30. The van der Waals surface area contributed by atoms with E-state index in [1.165, 1.54) is 12.8 Å². The Balaban J connectivity index is 2.05. The van der Waals surface area contributed by atoms with E-state index in [0.29, 0.717) is 12.1 Å². The molecule has 1 saturated heterocycles. The number of hydrogen-bond donors (Lipinski definition) is 1. The van der Waals surface area contributed by atoms with Crippen LogP contribution in [0, 0.1) is 0 Å². The SMILES string of the molecule is CC(C)N(CC1CCCN1)c1cnccn1. The minimum absolute atomic E-state index is 0.458. The highest BCUT2D eigenvalue weighted by molar-refractivity contribution is 5.36. The summed E-state index contributed by atoms with van der Waals surface area (Å²) in [5, 5.41) is 3.52. The first-order valence-electron chi connectivity index (χ1n) is 6.03. The van der Waals surface area contributed by atoms with E-state index in [2.05, 4.69) is 34.0 Å². The molecule has 0 amide bonds. The van der Waals surface area contributed by atoms with Gasteiger partial charge < -0.3 is 10.2 Å². The van der Waals surface area contributed by atoms with Crippen LogP contribution in [0.1, 0.15) is 26.7 Å². The standard InChI is InChI=1S/C12H20N4/c1-10(2)16(9-11-4-3-5-14-11)12-8-13-6-7-15-12/h6-8,10-11,14H,3-5,9H2,1-2H3. The van der Waals surface area contributed by atoms with E-state index in [1.807, 2.05) is 6.20 Å². The largest absolute Gasteiger partial charge is 0.351 e. The summed E-state index contributed by atoms with van der Waals surface area (Å²) in [5.74, 6) is 0.978. The molecule has 16 heavy (non-hydrogen) atoms. The topological polar surface area (TPSA) is 41.0 Å². The van der Waals surface area contributed by atoms with Crippen LogP contribution in [-0.2, 0) is 0 Å². The molecule has 0 spiro atoms. The van der Waals surface area contributed by atoms with Crippen LogP contribution in [0.2, 0.25) is 0 Å². The number of aromatic nitrogens is 2. The fraction of sp³-hybridized carbons (Fsp3) is 0.667. The molecule has 1 aromatic heterocycles. The van der Waals surface area contributed by atoms with Crippen LogP contribution >= 0.6 is 0 Å². The summed E-state index contributed by atoms with van der Waals surface area (Å²) in [5.41, 5.74) is 0. The van der Waals surface area contributed by atoms with Crippen LogP contribution in [0.4, 0.5) is 5.82 Å². The number of anilines is 1. The number of rotatable bonds is 4. The summed E-state index contributed by atoms with van der Waals surface area (Å²) in [6.07, 6.45) is 7.87. The highest BCUT2D eigenvalue weighted by Crippen LogP contribution is 2.15. The second-order valence-corrected chi connectivity index (χ2v) is 4.60. The molecule has 0 radical (unpaired) electrons. The molecule has 2 heterocycles. The van der Waals surface area contributed by atoms with Crippen LogP contribution in [0.3, 0.4) is 0 Å². The average Bonchev–Trinajstić information content (AvgIpc) is 2.79. The van der Waals surface area contributed by atoms with E-state index in [4.69, 9.17) is 0 Å². The van der Waals surface area contributed by atoms with Crippen molar-refractivity contribution in [3.05, 3.63) is 18.6 Å². The van der Waals surface area contributed by atoms with Gasteiger partial charge in [-0.3, -0.25) is 4.98 Å². The maximum Gasteiger partial charge on any atom is 0.147 e. The van der Waals surface area contributed by atoms with Crippen LogP contribution in [-0.4, -0.2) is 35.1 Å². The van der Waals surface area contributed by atoms with Crippen molar-refractivity contribution >= 4 is 5.82 Å². The number of nitrogens with zero attached hydrogens (tertiary/aromatic N) is 3. The fourth-order valence-corrected chi connectivity index (χ4v) is 2.16. The zero-order valence-corrected chi connectivity index (χ0v) is 10.1. The molecule has 88 valence electrons. The Morgan fingerprint density at radius 3 is 2.94 bits per heavy atom. The monoisotopic (exact) mass is 220 g/mol. The summed E-state index contributed by atoms with van der Waals surface area (Å²) in [7, 11) is 0. The Bertz CT molecular complexity index is 306. The maximum absolute atomic E-state index is 4.38. The predicted molar refractivity (Wildman–Crippen MR) is 65.5 cm³/mol. The van der Waals surface area contributed by atoms with Crippen LogP contribution < -0.4 is 10.2 Å². The first kappa shape index (κ1) is 11.3. The molecule has 1 aliphatic heterocycles. The Hall–Kier alpha value is -1.16. The van der Waals surface area contributed by atoms with Crippen molar-refractivity contribution in [3.8, 4) is 0 Å². The molecule has 0 saturated carbocycles. The van der Waals surface area contributed by atoms with Crippen molar-refractivity contribution in [2.24, 2.45) is 0 Å². The second kappa shape index (κ2) is 5.25. The van der Waals surface area contributed by atoms with Gasteiger partial charge in [-0.2, -0.15) is 0 Å². The lowest BCUT2D eigenvalue weighted by Crippen LogP contribution is -2.41. The van der Waals surface area contributed by atoms with Crippen molar-refractivity contribution in [2.75, 3.05) is 18.0 Å². The molecule has 1 N–H and O–H groups in total. The highest BCUT2D eigenvalue weighted by Gasteiger charge is 2.20. The molecule has 2 rings (SSSR count). The van der Waals surface area contributed by atoms with E-state index in [1.54, 1.807) is 12.4 Å². The summed E-state index contributed by atoms with van der Waals surface area (Å²) >= 11 is 0. The van der Waals surface area contributed by atoms with Gasteiger partial charge in [0.25, 0.3) is 0 Å². The third kappa shape index (κ3) is 2.70. The molecule has 0 aliphatic carbocycles. The van der Waals surface area contributed by atoms with Gasteiger partial charge >= 0.3 is 0 Å². The van der Waals surface area contributed by atoms with E-state index in [0.717, 1.165) is 18.9 Å². The average molecular weight is 220 g/mol. The number of hydrogen-bond acceptors (Lipinski definition) is 4. The Kier molecular flexibility index (Phi) is 3.72. The molecule has 1 unspecified atom stereocenters. The molecule has 1 fully saturated rings. The second-order valence-electron chi connectivity index (χ2n) is 4.60. The quantitative estimate of drug-likeness (QED) is 0.833. The van der Waals surface area contributed by atoms with Gasteiger partial charge in [0.2, 0.25) is 0 Å². The van der Waals surface area contributed by atoms with Crippen molar-refractivity contribution in [1.82, 2.24) is 15.3 Å². The van der Waals surface area contributed by atoms with Crippen LogP contribution in [0.15, 0.2) is 18.6 Å². The van der Waals surface area contributed by atoms with Gasteiger partial charge in [0, 0.05) is 31.0 Å². The maximum atomic E-state index is 4.38. The summed E-state index contributed by atoms with van der Waals surface area (Å²) in [4.78, 5) is 10.8. The summed E-state index contributed by atoms with van der Waals surface area (Å²) in [6.45, 7) is 6.57. The van der Waals surface area contributed by atoms with Crippen LogP contribution in [0.25, 0.3) is 0 Å². The Morgan fingerprint density at radius 1 is 1.50 bits per heavy atom. The van der Waals surface area contributed by atoms with Crippen molar-refractivity contribution in [2.45, 2.75) is 38.8 Å². The molecule has 1 aliphatic rings.